The summed E-state index contributed by atoms with van der Waals surface area (Å²) in [4.78, 5) is 28.3. The number of rotatable bonds is 10. The fraction of sp³-hybridized carbons (Fsp3) is 0.231. The van der Waals surface area contributed by atoms with Gasteiger partial charge in [0.25, 0.3) is 0 Å². The third kappa shape index (κ3) is 6.81. The third-order valence-corrected chi connectivity index (χ3v) is 5.44. The predicted molar refractivity (Wildman–Crippen MR) is 128 cm³/mol. The van der Waals surface area contributed by atoms with E-state index in [1.165, 1.54) is 0 Å². The van der Waals surface area contributed by atoms with Gasteiger partial charge in [-0.25, -0.2) is 0 Å². The lowest BCUT2D eigenvalue weighted by atomic mass is 10.0. The zero-order valence-corrected chi connectivity index (χ0v) is 19.2. The smallest absolute Gasteiger partial charge is 0.247 e. The van der Waals surface area contributed by atoms with Gasteiger partial charge < -0.3 is 20.1 Å². The lowest BCUT2D eigenvalue weighted by Crippen LogP contribution is -2.44. The predicted octanol–water partition coefficient (Wildman–Crippen LogP) is 3.77. The molecular weight excluding hydrogens is 440 g/mol. The number of aliphatic hydroxyl groups is 1. The van der Waals surface area contributed by atoms with Gasteiger partial charge in [0.2, 0.25) is 11.8 Å². The second-order valence-corrected chi connectivity index (χ2v) is 7.94. The van der Waals surface area contributed by atoms with Crippen LogP contribution in [0.5, 0.6) is 5.75 Å². The minimum atomic E-state index is -0.861. The first-order valence-corrected chi connectivity index (χ1v) is 11.0. The van der Waals surface area contributed by atoms with Gasteiger partial charge >= 0.3 is 0 Å². The Hall–Kier alpha value is -3.35. The van der Waals surface area contributed by atoms with Crippen molar-refractivity contribution in [3.8, 4) is 5.75 Å². The summed E-state index contributed by atoms with van der Waals surface area (Å²) in [7, 11) is 1.59. The van der Waals surface area contributed by atoms with Gasteiger partial charge in [0, 0.05) is 18.1 Å². The van der Waals surface area contributed by atoms with Gasteiger partial charge in [-0.2, -0.15) is 0 Å². The van der Waals surface area contributed by atoms with E-state index in [4.69, 9.17) is 16.3 Å². The molecule has 0 radical (unpaired) electrons. The van der Waals surface area contributed by atoms with Gasteiger partial charge in [0.1, 0.15) is 11.8 Å². The molecule has 3 aromatic carbocycles. The standard InChI is InChI=1S/C26H27ClN2O4/c1-33-23-13-9-20(10-14-23)18-29(24(31)17-19-7-11-22(27)12-8-19)25(26(32)28-15-16-30)21-5-3-2-4-6-21/h2-14,25,30H,15-18H2,1H3,(H,28,32)/t25-/m0/s1. The maximum atomic E-state index is 13.6. The Kier molecular flexibility index (Phi) is 8.87. The second kappa shape index (κ2) is 12.0. The molecule has 172 valence electrons. The van der Waals surface area contributed by atoms with E-state index >= 15 is 0 Å². The van der Waals surface area contributed by atoms with Crippen LogP contribution in [0.1, 0.15) is 22.7 Å². The first-order valence-electron chi connectivity index (χ1n) is 10.6. The number of carbonyl (C=O) groups excluding carboxylic acids is 2. The summed E-state index contributed by atoms with van der Waals surface area (Å²) >= 11 is 5.98. The molecule has 2 amide bonds. The van der Waals surface area contributed by atoms with E-state index in [-0.39, 0.29) is 37.9 Å². The number of methoxy groups -OCH3 is 1. The van der Waals surface area contributed by atoms with E-state index in [0.717, 1.165) is 11.1 Å². The molecule has 2 N–H and O–H groups in total. The Morgan fingerprint density at radius 2 is 1.61 bits per heavy atom. The minimum Gasteiger partial charge on any atom is -0.497 e. The molecule has 0 aliphatic rings. The molecule has 1 atom stereocenters. The van der Waals surface area contributed by atoms with Crippen LogP contribution >= 0.6 is 11.6 Å². The number of nitrogens with zero attached hydrogens (tertiary/aromatic N) is 1. The van der Waals surface area contributed by atoms with Crippen molar-refractivity contribution in [3.05, 3.63) is 101 Å². The molecule has 3 rings (SSSR count). The molecular formula is C26H27ClN2O4. The van der Waals surface area contributed by atoms with E-state index in [2.05, 4.69) is 5.32 Å². The molecule has 3 aromatic rings. The molecule has 33 heavy (non-hydrogen) atoms. The largest absolute Gasteiger partial charge is 0.497 e. The summed E-state index contributed by atoms with van der Waals surface area (Å²) in [5.41, 5.74) is 2.34. The fourth-order valence-corrected chi connectivity index (χ4v) is 3.64. The molecule has 0 unspecified atom stereocenters. The monoisotopic (exact) mass is 466 g/mol. The number of hydrogen-bond donors (Lipinski definition) is 2. The average Bonchev–Trinajstić information content (AvgIpc) is 2.84. The van der Waals surface area contributed by atoms with E-state index in [9.17, 15) is 14.7 Å². The van der Waals surface area contributed by atoms with Crippen LogP contribution in [0, 0.1) is 0 Å². The summed E-state index contributed by atoms with van der Waals surface area (Å²) in [6.45, 7) is 0.136. The number of halogens is 1. The van der Waals surface area contributed by atoms with Gasteiger partial charge in [-0.1, -0.05) is 66.2 Å². The van der Waals surface area contributed by atoms with E-state index < -0.39 is 6.04 Å². The highest BCUT2D eigenvalue weighted by molar-refractivity contribution is 6.30. The van der Waals surface area contributed by atoms with Crippen LogP contribution in [-0.4, -0.2) is 42.1 Å². The van der Waals surface area contributed by atoms with Crippen molar-refractivity contribution in [2.75, 3.05) is 20.3 Å². The minimum absolute atomic E-state index is 0.101. The van der Waals surface area contributed by atoms with Gasteiger partial charge in [-0.3, -0.25) is 9.59 Å². The van der Waals surface area contributed by atoms with Crippen LogP contribution in [-0.2, 0) is 22.6 Å². The lowest BCUT2D eigenvalue weighted by Gasteiger charge is -2.32. The second-order valence-electron chi connectivity index (χ2n) is 7.50. The molecule has 0 aromatic heterocycles. The van der Waals surface area contributed by atoms with Crippen LogP contribution in [0.15, 0.2) is 78.9 Å². The number of benzene rings is 3. The molecule has 0 bridgehead atoms. The Labute approximate surface area is 198 Å². The van der Waals surface area contributed by atoms with Crippen molar-refractivity contribution in [2.24, 2.45) is 0 Å². The Morgan fingerprint density at radius 3 is 2.21 bits per heavy atom. The molecule has 0 aliphatic carbocycles. The van der Waals surface area contributed by atoms with Crippen LogP contribution in [0.3, 0.4) is 0 Å². The van der Waals surface area contributed by atoms with Crippen LogP contribution in [0.4, 0.5) is 0 Å². The van der Waals surface area contributed by atoms with Gasteiger partial charge in [-0.05, 0) is 41.0 Å². The van der Waals surface area contributed by atoms with Crippen LogP contribution in [0.2, 0.25) is 5.02 Å². The molecule has 0 spiro atoms. The topological polar surface area (TPSA) is 78.9 Å². The van der Waals surface area contributed by atoms with E-state index in [1.807, 2.05) is 54.6 Å². The lowest BCUT2D eigenvalue weighted by molar-refractivity contribution is -0.141. The fourth-order valence-electron chi connectivity index (χ4n) is 3.51. The average molecular weight is 467 g/mol. The molecule has 0 saturated carbocycles. The molecule has 0 aliphatic heterocycles. The molecule has 0 fully saturated rings. The Morgan fingerprint density at radius 1 is 0.970 bits per heavy atom. The molecule has 0 heterocycles. The summed E-state index contributed by atoms with van der Waals surface area (Å²) in [5, 5.41) is 12.5. The molecule has 6 nitrogen and oxygen atoms in total. The third-order valence-electron chi connectivity index (χ3n) is 5.19. The first-order chi connectivity index (χ1) is 16.0. The highest BCUT2D eigenvalue weighted by Gasteiger charge is 2.31. The van der Waals surface area contributed by atoms with Crippen molar-refractivity contribution < 1.29 is 19.4 Å². The summed E-state index contributed by atoms with van der Waals surface area (Å²) in [6.07, 6.45) is 0.115. The number of nitrogens with one attached hydrogen (secondary N) is 1. The number of ether oxygens (including phenoxy) is 1. The van der Waals surface area contributed by atoms with Crippen LogP contribution in [0.25, 0.3) is 0 Å². The zero-order chi connectivity index (χ0) is 23.6. The summed E-state index contributed by atoms with van der Waals surface area (Å²) in [5.74, 6) is 0.146. The SMILES string of the molecule is COc1ccc(CN(C(=O)Cc2ccc(Cl)cc2)[C@H](C(=O)NCCO)c2ccccc2)cc1. The number of carbonyl (C=O) groups is 2. The molecule has 7 heteroatoms. The van der Waals surface area contributed by atoms with Gasteiger partial charge in [-0.15, -0.1) is 0 Å². The zero-order valence-electron chi connectivity index (χ0n) is 18.4. The van der Waals surface area contributed by atoms with Crippen molar-refractivity contribution in [1.29, 1.82) is 0 Å². The van der Waals surface area contributed by atoms with E-state index in [0.29, 0.717) is 16.3 Å². The molecule has 0 saturated heterocycles. The number of aliphatic hydroxyl groups excluding tert-OH is 1. The van der Waals surface area contributed by atoms with Gasteiger partial charge in [0.15, 0.2) is 0 Å². The first kappa shape index (κ1) is 24.3. The highest BCUT2D eigenvalue weighted by Crippen LogP contribution is 2.26. The van der Waals surface area contributed by atoms with Crippen molar-refractivity contribution in [1.82, 2.24) is 10.2 Å². The van der Waals surface area contributed by atoms with Crippen molar-refractivity contribution in [2.45, 2.75) is 19.0 Å². The summed E-state index contributed by atoms with van der Waals surface area (Å²) < 4.78 is 5.23. The number of hydrogen-bond acceptors (Lipinski definition) is 4. The maximum absolute atomic E-state index is 13.6. The van der Waals surface area contributed by atoms with E-state index in [1.54, 1.807) is 36.3 Å². The maximum Gasteiger partial charge on any atom is 0.247 e. The van der Waals surface area contributed by atoms with Gasteiger partial charge in [0.05, 0.1) is 20.1 Å². The van der Waals surface area contributed by atoms with Crippen molar-refractivity contribution in [3.63, 3.8) is 0 Å². The number of amides is 2. The van der Waals surface area contributed by atoms with Crippen molar-refractivity contribution >= 4 is 23.4 Å². The Balaban J connectivity index is 1.97. The quantitative estimate of drug-likeness (QED) is 0.476. The summed E-state index contributed by atoms with van der Waals surface area (Å²) in [6, 6.07) is 22.7. The Bertz CT molecular complexity index is 1040. The van der Waals surface area contributed by atoms with Crippen LogP contribution < -0.4 is 10.1 Å². The highest BCUT2D eigenvalue weighted by atomic mass is 35.5. The normalized spacial score (nSPS) is 11.5.